The molecule has 3 rings (SSSR count). The minimum atomic E-state index is -1.61. The van der Waals surface area contributed by atoms with Crippen LogP contribution in [0.25, 0.3) is 0 Å². The van der Waals surface area contributed by atoms with Crippen LogP contribution in [-0.4, -0.2) is 68.3 Å². The van der Waals surface area contributed by atoms with Gasteiger partial charge in [0.15, 0.2) is 24.6 Å². The van der Waals surface area contributed by atoms with E-state index in [4.69, 9.17) is 37.9 Å². The Balaban J connectivity index is 1.84. The van der Waals surface area contributed by atoms with Gasteiger partial charge in [0.05, 0.1) is 7.11 Å². The van der Waals surface area contributed by atoms with Crippen LogP contribution in [0.15, 0.2) is 24.3 Å². The zero-order valence-corrected chi connectivity index (χ0v) is 18.4. The average molecular weight is 454 g/mol. The molecule has 2 saturated heterocycles. The third-order valence-electron chi connectivity index (χ3n) is 4.69. The Hall–Kier alpha value is -2.89. The molecule has 0 radical (unpaired) electrons. The van der Waals surface area contributed by atoms with Crippen LogP contribution in [0.1, 0.15) is 27.7 Å². The monoisotopic (exact) mass is 454 g/mol. The van der Waals surface area contributed by atoms with E-state index in [1.54, 1.807) is 31.4 Å². The molecule has 0 aliphatic carbocycles. The van der Waals surface area contributed by atoms with E-state index in [1.165, 1.54) is 27.7 Å². The van der Waals surface area contributed by atoms with Crippen molar-refractivity contribution in [1.29, 1.82) is 0 Å². The second-order valence-electron chi connectivity index (χ2n) is 7.33. The van der Waals surface area contributed by atoms with Crippen molar-refractivity contribution in [1.82, 2.24) is 0 Å². The van der Waals surface area contributed by atoms with Crippen molar-refractivity contribution in [3.63, 3.8) is 0 Å². The van der Waals surface area contributed by atoms with E-state index in [9.17, 15) is 14.4 Å². The smallest absolute Gasteiger partial charge is 0.326 e. The van der Waals surface area contributed by atoms with Crippen molar-refractivity contribution in [2.45, 2.75) is 64.4 Å². The molecule has 0 spiro atoms. The van der Waals surface area contributed by atoms with Crippen molar-refractivity contribution < 1.29 is 52.3 Å². The first-order valence-corrected chi connectivity index (χ1v) is 9.92. The van der Waals surface area contributed by atoms with E-state index in [0.717, 1.165) is 0 Å². The van der Waals surface area contributed by atoms with Crippen molar-refractivity contribution in [2.75, 3.05) is 13.7 Å². The van der Waals surface area contributed by atoms with Gasteiger partial charge >= 0.3 is 23.9 Å². The SMILES string of the molecule is COc1ccc(O[C@]2(C)O[C@H]3O[C@H](COC(C)=O)[C@@H](OC(C)=O)[C@H](OC(C)=O)[C@H]3O2)cc1. The predicted molar refractivity (Wildman–Crippen MR) is 104 cm³/mol. The van der Waals surface area contributed by atoms with Crippen molar-refractivity contribution in [3.05, 3.63) is 24.3 Å². The lowest BCUT2D eigenvalue weighted by molar-refractivity contribution is -0.307. The summed E-state index contributed by atoms with van der Waals surface area (Å²) in [5.41, 5.74) is 0. The Morgan fingerprint density at radius 3 is 2.06 bits per heavy atom. The standard InChI is InChI=1S/C21H26O11/c1-11(22)26-10-16-17(27-12(2)23)18(28-13(3)24)19-20(29-16)32-21(4,31-19)30-15-8-6-14(25-5)7-9-15/h6-9,16-20H,10H2,1-5H3/t16-,17-,18+,19-,20-,21+/m1/s1. The molecule has 0 aromatic heterocycles. The Morgan fingerprint density at radius 2 is 1.50 bits per heavy atom. The van der Waals surface area contributed by atoms with Gasteiger partial charge in [0.1, 0.15) is 24.2 Å². The second kappa shape index (κ2) is 9.72. The van der Waals surface area contributed by atoms with E-state index in [0.29, 0.717) is 11.5 Å². The van der Waals surface area contributed by atoms with Crippen LogP contribution in [0, 0.1) is 0 Å². The Kier molecular flexibility index (Phi) is 7.22. The molecule has 2 fully saturated rings. The van der Waals surface area contributed by atoms with Crippen molar-refractivity contribution in [2.24, 2.45) is 0 Å². The number of hydrogen-bond acceptors (Lipinski definition) is 11. The number of methoxy groups -OCH3 is 1. The molecule has 11 heteroatoms. The van der Waals surface area contributed by atoms with Gasteiger partial charge in [-0.05, 0) is 24.3 Å². The fourth-order valence-electron chi connectivity index (χ4n) is 3.48. The van der Waals surface area contributed by atoms with E-state index in [1.807, 2.05) is 0 Å². The number of carbonyl (C=O) groups excluding carboxylic acids is 3. The number of fused-ring (bicyclic) bond motifs is 1. The summed E-state index contributed by atoms with van der Waals surface area (Å²) < 4.78 is 44.4. The molecule has 0 saturated carbocycles. The van der Waals surface area contributed by atoms with E-state index >= 15 is 0 Å². The molecule has 2 aliphatic rings. The summed E-state index contributed by atoms with van der Waals surface area (Å²) in [6.45, 7) is 4.90. The molecule has 0 N–H and O–H groups in total. The van der Waals surface area contributed by atoms with Gasteiger partial charge in [-0.2, -0.15) is 0 Å². The molecule has 0 unspecified atom stereocenters. The van der Waals surface area contributed by atoms with Crippen LogP contribution in [0.3, 0.4) is 0 Å². The van der Waals surface area contributed by atoms with Crippen LogP contribution in [0.5, 0.6) is 11.5 Å². The topological polar surface area (TPSA) is 125 Å². The first kappa shape index (κ1) is 23.8. The van der Waals surface area contributed by atoms with Crippen LogP contribution in [0.4, 0.5) is 0 Å². The van der Waals surface area contributed by atoms with Gasteiger partial charge in [-0.1, -0.05) is 0 Å². The van der Waals surface area contributed by atoms with Crippen LogP contribution in [-0.2, 0) is 42.8 Å². The van der Waals surface area contributed by atoms with E-state index in [2.05, 4.69) is 0 Å². The van der Waals surface area contributed by atoms with Gasteiger partial charge in [0.25, 0.3) is 0 Å². The fraction of sp³-hybridized carbons (Fsp3) is 0.571. The Morgan fingerprint density at radius 1 is 0.906 bits per heavy atom. The van der Waals surface area contributed by atoms with Gasteiger partial charge < -0.3 is 33.2 Å². The molecule has 6 atom stereocenters. The maximum atomic E-state index is 11.8. The number of rotatable bonds is 7. The van der Waals surface area contributed by atoms with Gasteiger partial charge in [0.2, 0.25) is 0 Å². The summed E-state index contributed by atoms with van der Waals surface area (Å²) in [6, 6.07) is 6.72. The number of hydrogen-bond donors (Lipinski definition) is 0. The first-order chi connectivity index (χ1) is 15.1. The summed E-state index contributed by atoms with van der Waals surface area (Å²) >= 11 is 0. The quantitative estimate of drug-likeness (QED) is 0.437. The minimum absolute atomic E-state index is 0.256. The molecular weight excluding hydrogens is 428 g/mol. The van der Waals surface area contributed by atoms with Crippen molar-refractivity contribution in [3.8, 4) is 11.5 Å². The predicted octanol–water partition coefficient (Wildman–Crippen LogP) is 1.31. The molecule has 0 amide bonds. The molecule has 0 bridgehead atoms. The van der Waals surface area contributed by atoms with E-state index in [-0.39, 0.29) is 6.61 Å². The summed E-state index contributed by atoms with van der Waals surface area (Å²) in [6.07, 6.45) is -5.23. The Labute approximate surface area is 184 Å². The van der Waals surface area contributed by atoms with Crippen LogP contribution >= 0.6 is 0 Å². The highest BCUT2D eigenvalue weighted by Crippen LogP contribution is 2.40. The lowest BCUT2D eigenvalue weighted by Gasteiger charge is -2.40. The highest BCUT2D eigenvalue weighted by Gasteiger charge is 2.60. The molecule has 2 heterocycles. The fourth-order valence-corrected chi connectivity index (χ4v) is 3.48. The number of carbonyl (C=O) groups is 3. The summed E-state index contributed by atoms with van der Waals surface area (Å²) in [7, 11) is 1.54. The zero-order valence-electron chi connectivity index (χ0n) is 18.4. The highest BCUT2D eigenvalue weighted by molar-refractivity contribution is 5.68. The molecule has 11 nitrogen and oxygen atoms in total. The van der Waals surface area contributed by atoms with Crippen LogP contribution in [0.2, 0.25) is 0 Å². The maximum Gasteiger partial charge on any atom is 0.326 e. The molecule has 1 aromatic carbocycles. The molecule has 32 heavy (non-hydrogen) atoms. The first-order valence-electron chi connectivity index (χ1n) is 9.92. The lowest BCUT2D eigenvalue weighted by atomic mass is 9.98. The third-order valence-corrected chi connectivity index (χ3v) is 4.69. The summed E-state index contributed by atoms with van der Waals surface area (Å²) in [5, 5.41) is 0. The molecule has 2 aliphatic heterocycles. The Bertz CT molecular complexity index is 839. The summed E-state index contributed by atoms with van der Waals surface area (Å²) in [4.78, 5) is 34.8. The largest absolute Gasteiger partial charge is 0.497 e. The number of benzene rings is 1. The van der Waals surface area contributed by atoms with Gasteiger partial charge in [-0.15, -0.1) is 0 Å². The minimum Gasteiger partial charge on any atom is -0.497 e. The zero-order chi connectivity index (χ0) is 23.5. The van der Waals surface area contributed by atoms with Gasteiger partial charge in [-0.3, -0.25) is 19.1 Å². The number of ether oxygens (including phenoxy) is 8. The second-order valence-corrected chi connectivity index (χ2v) is 7.33. The maximum absolute atomic E-state index is 11.8. The lowest BCUT2D eigenvalue weighted by Crippen LogP contribution is -2.60. The number of esters is 3. The normalized spacial score (nSPS) is 31.2. The van der Waals surface area contributed by atoms with Gasteiger partial charge in [0, 0.05) is 27.7 Å². The average Bonchev–Trinajstić information content (AvgIpc) is 3.04. The van der Waals surface area contributed by atoms with Crippen molar-refractivity contribution >= 4 is 17.9 Å². The third kappa shape index (κ3) is 5.67. The van der Waals surface area contributed by atoms with Gasteiger partial charge in [-0.25, -0.2) is 0 Å². The van der Waals surface area contributed by atoms with E-state index < -0.39 is 54.6 Å². The molecule has 1 aromatic rings. The summed E-state index contributed by atoms with van der Waals surface area (Å²) in [5.74, 6) is -2.38. The molecule has 176 valence electrons. The molecular formula is C21H26O11. The highest BCUT2D eigenvalue weighted by atomic mass is 16.9. The van der Waals surface area contributed by atoms with Crippen LogP contribution < -0.4 is 9.47 Å².